The Hall–Kier alpha value is -0.790. The molecule has 1 aromatic carbocycles. The zero-order chi connectivity index (χ0) is 15.9. The first-order valence-corrected chi connectivity index (χ1v) is 9.36. The van der Waals surface area contributed by atoms with Crippen LogP contribution in [0.3, 0.4) is 0 Å². The van der Waals surface area contributed by atoms with Crippen LogP contribution in [0, 0.1) is 0 Å². The van der Waals surface area contributed by atoms with Gasteiger partial charge in [0.15, 0.2) is 0 Å². The van der Waals surface area contributed by atoms with Crippen LogP contribution in [-0.2, 0) is 10.0 Å². The zero-order valence-electron chi connectivity index (χ0n) is 12.6. The Morgan fingerprint density at radius 3 is 2.62 bits per heavy atom. The van der Waals surface area contributed by atoms with Crippen molar-refractivity contribution in [3.63, 3.8) is 0 Å². The molecule has 0 aliphatic heterocycles. The van der Waals surface area contributed by atoms with Crippen LogP contribution >= 0.6 is 15.9 Å². The smallest absolute Gasteiger partial charge is 0.232 e. The highest BCUT2D eigenvalue weighted by molar-refractivity contribution is 9.10. The summed E-state index contributed by atoms with van der Waals surface area (Å²) < 4.78 is 32.5. The largest absolute Gasteiger partial charge is 0.495 e. The second kappa shape index (κ2) is 8.60. The van der Waals surface area contributed by atoms with Gasteiger partial charge in [-0.25, -0.2) is 8.42 Å². The molecule has 5 nitrogen and oxygen atoms in total. The third-order valence-electron chi connectivity index (χ3n) is 2.82. The number of unbranched alkanes of at least 4 members (excludes halogenated alkanes) is 1. The molecule has 0 saturated heterocycles. The Bertz CT molecular complexity index is 547. The molecule has 2 N–H and O–H groups in total. The minimum atomic E-state index is -3.32. The fraction of sp³-hybridized carbons (Fsp3) is 0.571. The van der Waals surface area contributed by atoms with E-state index in [1.807, 2.05) is 0 Å². The van der Waals surface area contributed by atoms with Crippen molar-refractivity contribution >= 4 is 31.6 Å². The van der Waals surface area contributed by atoms with Gasteiger partial charge >= 0.3 is 0 Å². The number of benzene rings is 1. The van der Waals surface area contributed by atoms with Crippen molar-refractivity contribution in [1.82, 2.24) is 5.32 Å². The molecule has 120 valence electrons. The van der Waals surface area contributed by atoms with E-state index in [2.05, 4.69) is 39.8 Å². The number of sulfonamides is 1. The maximum atomic E-state index is 12.0. The van der Waals surface area contributed by atoms with Crippen LogP contribution in [0.2, 0.25) is 0 Å². The summed E-state index contributed by atoms with van der Waals surface area (Å²) in [6.07, 6.45) is 1.46. The summed E-state index contributed by atoms with van der Waals surface area (Å²) in [6.45, 7) is 4.97. The predicted molar refractivity (Wildman–Crippen MR) is 90.5 cm³/mol. The van der Waals surface area contributed by atoms with Crippen LogP contribution < -0.4 is 14.8 Å². The van der Waals surface area contributed by atoms with Crippen molar-refractivity contribution in [2.24, 2.45) is 0 Å². The maximum Gasteiger partial charge on any atom is 0.232 e. The predicted octanol–water partition coefficient (Wildman–Crippen LogP) is 2.98. The van der Waals surface area contributed by atoms with Crippen molar-refractivity contribution in [3.8, 4) is 5.75 Å². The van der Waals surface area contributed by atoms with Crippen LogP contribution in [0.1, 0.15) is 26.7 Å². The Labute approximate surface area is 135 Å². The van der Waals surface area contributed by atoms with E-state index in [0.29, 0.717) is 23.9 Å². The fourth-order valence-electron chi connectivity index (χ4n) is 1.76. The standard InChI is InChI=1S/C14H23BrN2O3S/c1-11(2)16-8-4-5-9-21(18,19)17-12-6-7-13(15)14(10-12)20-3/h6-7,10-11,16-17H,4-5,8-9H2,1-3H3. The van der Waals surface area contributed by atoms with Gasteiger partial charge in [0.25, 0.3) is 0 Å². The van der Waals surface area contributed by atoms with Crippen LogP contribution in [-0.4, -0.2) is 33.9 Å². The molecule has 0 spiro atoms. The number of nitrogens with one attached hydrogen (secondary N) is 2. The van der Waals surface area contributed by atoms with Crippen molar-refractivity contribution in [2.45, 2.75) is 32.7 Å². The molecule has 0 aromatic heterocycles. The lowest BCUT2D eigenvalue weighted by Crippen LogP contribution is -2.24. The highest BCUT2D eigenvalue weighted by Crippen LogP contribution is 2.28. The quantitative estimate of drug-likeness (QED) is 0.648. The second-order valence-electron chi connectivity index (χ2n) is 5.09. The molecular weight excluding hydrogens is 356 g/mol. The van der Waals surface area contributed by atoms with E-state index in [4.69, 9.17) is 4.74 Å². The molecule has 0 amide bonds. The number of rotatable bonds is 9. The van der Waals surface area contributed by atoms with Gasteiger partial charge in [-0.3, -0.25) is 4.72 Å². The lowest BCUT2D eigenvalue weighted by Gasteiger charge is -2.11. The summed E-state index contributed by atoms with van der Waals surface area (Å²) in [5.74, 6) is 0.710. The van der Waals surface area contributed by atoms with Gasteiger partial charge in [0, 0.05) is 12.1 Å². The number of hydrogen-bond donors (Lipinski definition) is 2. The van der Waals surface area contributed by atoms with Crippen molar-refractivity contribution in [2.75, 3.05) is 24.1 Å². The average molecular weight is 379 g/mol. The third kappa shape index (κ3) is 7.15. The van der Waals surface area contributed by atoms with Crippen molar-refractivity contribution in [1.29, 1.82) is 0 Å². The molecule has 7 heteroatoms. The molecule has 0 unspecified atom stereocenters. The number of methoxy groups -OCH3 is 1. The third-order valence-corrected chi connectivity index (χ3v) is 4.84. The van der Waals surface area contributed by atoms with Gasteiger partial charge in [-0.1, -0.05) is 13.8 Å². The summed E-state index contributed by atoms with van der Waals surface area (Å²) in [5.41, 5.74) is 0.510. The summed E-state index contributed by atoms with van der Waals surface area (Å²) in [5, 5.41) is 3.27. The molecule has 0 radical (unpaired) electrons. The second-order valence-corrected chi connectivity index (χ2v) is 7.78. The normalized spacial score (nSPS) is 11.7. The molecule has 0 fully saturated rings. The zero-order valence-corrected chi connectivity index (χ0v) is 15.1. The van der Waals surface area contributed by atoms with E-state index in [-0.39, 0.29) is 5.75 Å². The van der Waals surface area contributed by atoms with E-state index >= 15 is 0 Å². The van der Waals surface area contributed by atoms with Crippen LogP contribution in [0.25, 0.3) is 0 Å². The summed E-state index contributed by atoms with van der Waals surface area (Å²) in [4.78, 5) is 0. The Kier molecular flexibility index (Phi) is 7.48. The van der Waals surface area contributed by atoms with E-state index in [9.17, 15) is 8.42 Å². The van der Waals surface area contributed by atoms with Gasteiger partial charge in [-0.05, 0) is 47.4 Å². The molecule has 0 aliphatic rings. The van der Waals surface area contributed by atoms with Gasteiger partial charge < -0.3 is 10.1 Å². The Morgan fingerprint density at radius 2 is 2.00 bits per heavy atom. The molecule has 1 aromatic rings. The van der Waals surface area contributed by atoms with Crippen molar-refractivity contribution < 1.29 is 13.2 Å². The molecule has 0 saturated carbocycles. The van der Waals surface area contributed by atoms with E-state index in [0.717, 1.165) is 17.4 Å². The van der Waals surface area contributed by atoms with Gasteiger partial charge in [-0.15, -0.1) is 0 Å². The lowest BCUT2D eigenvalue weighted by molar-refractivity contribution is 0.412. The fourth-order valence-corrected chi connectivity index (χ4v) is 3.34. The maximum absolute atomic E-state index is 12.0. The van der Waals surface area contributed by atoms with Crippen LogP contribution in [0.5, 0.6) is 5.75 Å². The highest BCUT2D eigenvalue weighted by Gasteiger charge is 2.11. The SMILES string of the molecule is COc1cc(NS(=O)(=O)CCCCNC(C)C)ccc1Br. The molecule has 1 rings (SSSR count). The van der Waals surface area contributed by atoms with Gasteiger partial charge in [-0.2, -0.15) is 0 Å². The topological polar surface area (TPSA) is 67.4 Å². The molecular formula is C14H23BrN2O3S. The van der Waals surface area contributed by atoms with Gasteiger partial charge in [0.2, 0.25) is 10.0 Å². The molecule has 0 bridgehead atoms. The first-order chi connectivity index (χ1) is 9.84. The Morgan fingerprint density at radius 1 is 1.29 bits per heavy atom. The molecule has 0 atom stereocenters. The summed E-state index contributed by atoms with van der Waals surface area (Å²) >= 11 is 3.33. The highest BCUT2D eigenvalue weighted by atomic mass is 79.9. The van der Waals surface area contributed by atoms with Crippen molar-refractivity contribution in [3.05, 3.63) is 22.7 Å². The van der Waals surface area contributed by atoms with E-state index in [1.54, 1.807) is 25.3 Å². The van der Waals surface area contributed by atoms with Crippen LogP contribution in [0.4, 0.5) is 5.69 Å². The number of anilines is 1. The van der Waals surface area contributed by atoms with Gasteiger partial charge in [0.1, 0.15) is 5.75 Å². The summed E-state index contributed by atoms with van der Waals surface area (Å²) in [7, 11) is -1.78. The van der Waals surface area contributed by atoms with Crippen LogP contribution in [0.15, 0.2) is 22.7 Å². The number of hydrogen-bond acceptors (Lipinski definition) is 4. The lowest BCUT2D eigenvalue weighted by atomic mass is 10.3. The molecule has 0 aliphatic carbocycles. The average Bonchev–Trinajstić information content (AvgIpc) is 2.39. The molecule has 21 heavy (non-hydrogen) atoms. The first kappa shape index (κ1) is 18.3. The Balaban J connectivity index is 2.49. The van der Waals surface area contributed by atoms with E-state index in [1.165, 1.54) is 0 Å². The first-order valence-electron chi connectivity index (χ1n) is 6.91. The number of halogens is 1. The monoisotopic (exact) mass is 378 g/mol. The molecule has 0 heterocycles. The minimum absolute atomic E-state index is 0.116. The summed E-state index contributed by atoms with van der Waals surface area (Å²) in [6, 6.07) is 5.53. The number of ether oxygens (including phenoxy) is 1. The van der Waals surface area contributed by atoms with Gasteiger partial charge in [0.05, 0.1) is 23.0 Å². The minimum Gasteiger partial charge on any atom is -0.495 e. The van der Waals surface area contributed by atoms with E-state index < -0.39 is 10.0 Å².